The van der Waals surface area contributed by atoms with Crippen LogP contribution in [0, 0.1) is 13.8 Å². The van der Waals surface area contributed by atoms with Crippen molar-refractivity contribution >= 4 is 29.0 Å². The second kappa shape index (κ2) is 13.7. The van der Waals surface area contributed by atoms with Gasteiger partial charge < -0.3 is 24.6 Å². The van der Waals surface area contributed by atoms with Crippen molar-refractivity contribution < 1.29 is 19.1 Å². The molecule has 1 N–H and O–H groups in total. The van der Waals surface area contributed by atoms with Crippen LogP contribution in [0.15, 0.2) is 53.9 Å². The summed E-state index contributed by atoms with van der Waals surface area (Å²) < 4.78 is 10.8. The Balaban J connectivity index is 1.72. The number of nitrogens with one attached hydrogen (secondary N) is 1. The summed E-state index contributed by atoms with van der Waals surface area (Å²) in [6, 6.07) is 15.4. The quantitative estimate of drug-likeness (QED) is 0.321. The zero-order chi connectivity index (χ0) is 26.8. The van der Waals surface area contributed by atoms with Crippen LogP contribution in [0.1, 0.15) is 34.9 Å². The molecule has 0 aliphatic carbocycles. The molecule has 1 aromatic heterocycles. The predicted octanol–water partition coefficient (Wildman–Crippen LogP) is 5.90. The van der Waals surface area contributed by atoms with E-state index >= 15 is 0 Å². The van der Waals surface area contributed by atoms with Gasteiger partial charge in [0.15, 0.2) is 11.5 Å². The number of carbonyl (C=O) groups is 2. The zero-order valence-corrected chi connectivity index (χ0v) is 23.2. The van der Waals surface area contributed by atoms with Crippen molar-refractivity contribution in [3.05, 3.63) is 75.5 Å². The van der Waals surface area contributed by atoms with Gasteiger partial charge in [-0.3, -0.25) is 4.79 Å². The molecule has 0 saturated carbocycles. The standard InChI is InChI=1S/C29H37N3O4S/c1-6-14-32(29(34)30-24-11-9-21(2)22(3)17-24)20-28(33)31(19-25-8-7-16-37-25)15-13-23-10-12-26(35-4)27(18-23)36-5/h7-12,16-18H,6,13-15,19-20H2,1-5H3,(H,30,34). The van der Waals surface area contributed by atoms with Crippen LogP contribution < -0.4 is 14.8 Å². The van der Waals surface area contributed by atoms with Gasteiger partial charge in [-0.2, -0.15) is 0 Å². The fourth-order valence-corrected chi connectivity index (χ4v) is 4.71. The monoisotopic (exact) mass is 523 g/mol. The molecule has 0 radical (unpaired) electrons. The molecule has 0 saturated heterocycles. The minimum Gasteiger partial charge on any atom is -0.493 e. The average Bonchev–Trinajstić information content (AvgIpc) is 3.41. The summed E-state index contributed by atoms with van der Waals surface area (Å²) in [5.41, 5.74) is 4.04. The molecular formula is C29H37N3O4S. The van der Waals surface area contributed by atoms with Crippen molar-refractivity contribution in [3.63, 3.8) is 0 Å². The fourth-order valence-electron chi connectivity index (χ4n) is 3.99. The number of methoxy groups -OCH3 is 2. The lowest BCUT2D eigenvalue weighted by Gasteiger charge is -2.27. The third-order valence-corrected chi connectivity index (χ3v) is 7.12. The summed E-state index contributed by atoms with van der Waals surface area (Å²) in [5, 5.41) is 4.97. The smallest absolute Gasteiger partial charge is 0.322 e. The van der Waals surface area contributed by atoms with E-state index in [0.717, 1.165) is 33.7 Å². The van der Waals surface area contributed by atoms with E-state index in [-0.39, 0.29) is 18.5 Å². The predicted molar refractivity (Wildman–Crippen MR) is 150 cm³/mol. The Morgan fingerprint density at radius 1 is 0.919 bits per heavy atom. The van der Waals surface area contributed by atoms with Crippen LogP contribution in [-0.2, 0) is 17.8 Å². The molecule has 198 valence electrons. The summed E-state index contributed by atoms with van der Waals surface area (Å²) >= 11 is 1.62. The molecule has 1 heterocycles. The van der Waals surface area contributed by atoms with Crippen LogP contribution >= 0.6 is 11.3 Å². The minimum atomic E-state index is -0.269. The Hall–Kier alpha value is -3.52. The van der Waals surface area contributed by atoms with E-state index in [4.69, 9.17) is 9.47 Å². The maximum Gasteiger partial charge on any atom is 0.322 e. The number of urea groups is 1. The van der Waals surface area contributed by atoms with Crippen molar-refractivity contribution in [1.29, 1.82) is 0 Å². The molecule has 37 heavy (non-hydrogen) atoms. The number of rotatable bonds is 12. The first-order chi connectivity index (χ1) is 17.8. The normalized spacial score (nSPS) is 10.6. The van der Waals surface area contributed by atoms with Gasteiger partial charge in [-0.1, -0.05) is 25.1 Å². The van der Waals surface area contributed by atoms with E-state index in [2.05, 4.69) is 5.32 Å². The first kappa shape index (κ1) is 28.1. The van der Waals surface area contributed by atoms with Crippen molar-refractivity contribution in [2.45, 2.75) is 40.2 Å². The van der Waals surface area contributed by atoms with Crippen molar-refractivity contribution in [2.75, 3.05) is 39.2 Å². The number of hydrogen-bond acceptors (Lipinski definition) is 5. The second-order valence-corrected chi connectivity index (χ2v) is 10.0. The third-order valence-electron chi connectivity index (χ3n) is 6.26. The largest absolute Gasteiger partial charge is 0.493 e. The van der Waals surface area contributed by atoms with Crippen molar-refractivity contribution in [1.82, 2.24) is 9.80 Å². The van der Waals surface area contributed by atoms with Crippen LogP contribution in [-0.4, -0.2) is 55.6 Å². The van der Waals surface area contributed by atoms with Crippen LogP contribution in [0.2, 0.25) is 0 Å². The summed E-state index contributed by atoms with van der Waals surface area (Å²) in [7, 11) is 3.22. The summed E-state index contributed by atoms with van der Waals surface area (Å²) in [6.45, 7) is 7.58. The number of ether oxygens (including phenoxy) is 2. The molecule has 0 spiro atoms. The van der Waals surface area contributed by atoms with Gasteiger partial charge in [-0.15, -0.1) is 11.3 Å². The number of anilines is 1. The molecule has 0 atom stereocenters. The van der Waals surface area contributed by atoms with E-state index in [1.54, 1.807) is 30.5 Å². The highest BCUT2D eigenvalue weighted by Crippen LogP contribution is 2.28. The first-order valence-electron chi connectivity index (χ1n) is 12.5. The maximum absolute atomic E-state index is 13.5. The van der Waals surface area contributed by atoms with Gasteiger partial charge >= 0.3 is 6.03 Å². The molecule has 0 unspecified atom stereocenters. The average molecular weight is 524 g/mol. The summed E-state index contributed by atoms with van der Waals surface area (Å²) in [4.78, 5) is 31.1. The van der Waals surface area contributed by atoms with Gasteiger partial charge in [0.25, 0.3) is 0 Å². The van der Waals surface area contributed by atoms with Crippen molar-refractivity contribution in [2.24, 2.45) is 0 Å². The van der Waals surface area contributed by atoms with Crippen LogP contribution in [0.3, 0.4) is 0 Å². The molecule has 3 amide bonds. The number of thiophene rings is 1. The number of carbonyl (C=O) groups excluding carboxylic acids is 2. The van der Waals surface area contributed by atoms with E-state index in [9.17, 15) is 9.59 Å². The minimum absolute atomic E-state index is 0.0157. The SMILES string of the molecule is CCCN(CC(=O)N(CCc1ccc(OC)c(OC)c1)Cc1cccs1)C(=O)Nc1ccc(C)c(C)c1. The number of hydrogen-bond donors (Lipinski definition) is 1. The highest BCUT2D eigenvalue weighted by atomic mass is 32.1. The molecule has 3 aromatic rings. The van der Waals surface area contributed by atoms with Crippen molar-refractivity contribution in [3.8, 4) is 11.5 Å². The topological polar surface area (TPSA) is 71.1 Å². The van der Waals surface area contributed by atoms with E-state index in [1.807, 2.05) is 79.6 Å². The third kappa shape index (κ3) is 7.98. The summed E-state index contributed by atoms with van der Waals surface area (Å²) in [6.07, 6.45) is 1.41. The van der Waals surface area contributed by atoms with Crippen LogP contribution in [0.25, 0.3) is 0 Å². The Kier molecular flexibility index (Phi) is 10.4. The van der Waals surface area contributed by atoms with Crippen LogP contribution in [0.4, 0.5) is 10.5 Å². The molecule has 2 aromatic carbocycles. The highest BCUT2D eigenvalue weighted by molar-refractivity contribution is 7.09. The number of benzene rings is 2. The van der Waals surface area contributed by atoms with E-state index < -0.39 is 0 Å². The van der Waals surface area contributed by atoms with Gasteiger partial charge in [0.1, 0.15) is 6.54 Å². The summed E-state index contributed by atoms with van der Waals surface area (Å²) in [5.74, 6) is 1.24. The van der Waals surface area contributed by atoms with Gasteiger partial charge in [-0.25, -0.2) is 4.79 Å². The van der Waals surface area contributed by atoms with Crippen LogP contribution in [0.5, 0.6) is 11.5 Å². The molecule has 8 heteroatoms. The van der Waals surface area contributed by atoms with E-state index in [1.165, 1.54) is 0 Å². The molecule has 0 aliphatic heterocycles. The highest BCUT2D eigenvalue weighted by Gasteiger charge is 2.22. The van der Waals surface area contributed by atoms with E-state index in [0.29, 0.717) is 37.6 Å². The van der Waals surface area contributed by atoms with Gasteiger partial charge in [0, 0.05) is 23.7 Å². The molecule has 3 rings (SSSR count). The maximum atomic E-state index is 13.5. The molecular weight excluding hydrogens is 486 g/mol. The lowest BCUT2D eigenvalue weighted by molar-refractivity contribution is -0.132. The molecule has 0 fully saturated rings. The lowest BCUT2D eigenvalue weighted by Crippen LogP contribution is -2.45. The zero-order valence-electron chi connectivity index (χ0n) is 22.4. The number of nitrogens with zero attached hydrogens (tertiary/aromatic N) is 2. The fraction of sp³-hybridized carbons (Fsp3) is 0.379. The molecule has 7 nitrogen and oxygen atoms in total. The Morgan fingerprint density at radius 2 is 1.70 bits per heavy atom. The Morgan fingerprint density at radius 3 is 2.35 bits per heavy atom. The van der Waals surface area contributed by atoms with Gasteiger partial charge in [0.2, 0.25) is 5.91 Å². The lowest BCUT2D eigenvalue weighted by atomic mass is 10.1. The molecule has 0 aliphatic rings. The number of amides is 3. The first-order valence-corrected chi connectivity index (χ1v) is 13.4. The number of aryl methyl sites for hydroxylation is 2. The van der Waals surface area contributed by atoms with Gasteiger partial charge in [-0.05, 0) is 79.1 Å². The second-order valence-electron chi connectivity index (χ2n) is 8.98. The van der Waals surface area contributed by atoms with Gasteiger partial charge in [0.05, 0.1) is 20.8 Å². The Labute approximate surface area is 224 Å². The Bertz CT molecular complexity index is 1180. The molecule has 0 bridgehead atoms.